The quantitative estimate of drug-likeness (QED) is 0.908. The van der Waals surface area contributed by atoms with Crippen LogP contribution in [-0.4, -0.2) is 4.98 Å². The van der Waals surface area contributed by atoms with E-state index in [4.69, 9.17) is 5.73 Å². The van der Waals surface area contributed by atoms with E-state index in [1.165, 1.54) is 0 Å². The average Bonchev–Trinajstić information content (AvgIpc) is 2.29. The fourth-order valence-corrected chi connectivity index (χ4v) is 2.33. The van der Waals surface area contributed by atoms with Gasteiger partial charge in [0.1, 0.15) is 0 Å². The van der Waals surface area contributed by atoms with Crippen LogP contribution in [0.3, 0.4) is 0 Å². The first-order valence-corrected chi connectivity index (χ1v) is 6.84. The number of hydrogen-bond acceptors (Lipinski definition) is 2. The van der Waals surface area contributed by atoms with E-state index in [0.717, 1.165) is 26.5 Å². The Hall–Kier alpha value is -0.710. The Bertz CT molecular complexity index is 497. The predicted molar refractivity (Wildman–Crippen MR) is 76.7 cm³/mol. The summed E-state index contributed by atoms with van der Waals surface area (Å²) in [5.41, 5.74) is 8.44. The molecule has 1 aromatic heterocycles. The normalized spacial score (nSPS) is 12.4. The Morgan fingerprint density at radius 3 is 2.41 bits per heavy atom. The summed E-state index contributed by atoms with van der Waals surface area (Å²) in [5, 5.41) is 0. The molecule has 0 bridgehead atoms. The van der Waals surface area contributed by atoms with Crippen molar-refractivity contribution in [3.05, 3.63) is 62.8 Å². The summed E-state index contributed by atoms with van der Waals surface area (Å²) >= 11 is 6.82. The fourth-order valence-electron chi connectivity index (χ4n) is 1.65. The molecule has 2 N–H and O–H groups in total. The van der Waals surface area contributed by atoms with Gasteiger partial charge in [0.2, 0.25) is 0 Å². The molecule has 0 saturated heterocycles. The molecule has 0 amide bonds. The molecule has 4 heteroatoms. The highest BCUT2D eigenvalue weighted by Gasteiger charge is 2.07. The minimum atomic E-state index is -0.000741. The number of hydrogen-bond donors (Lipinski definition) is 1. The third-order valence-corrected chi connectivity index (χ3v) is 3.48. The fraction of sp³-hybridized carbons (Fsp3) is 0.154. The first kappa shape index (κ1) is 12.7. The smallest absolute Gasteiger partial charge is 0.0410 e. The van der Waals surface area contributed by atoms with E-state index in [-0.39, 0.29) is 6.04 Å². The molecule has 88 valence electrons. The van der Waals surface area contributed by atoms with Crippen LogP contribution < -0.4 is 5.73 Å². The number of halogens is 2. The first-order chi connectivity index (χ1) is 8.15. The highest BCUT2D eigenvalue weighted by molar-refractivity contribution is 9.10. The Morgan fingerprint density at radius 2 is 1.76 bits per heavy atom. The van der Waals surface area contributed by atoms with E-state index in [1.54, 1.807) is 6.20 Å². The van der Waals surface area contributed by atoms with Crippen molar-refractivity contribution in [2.45, 2.75) is 12.5 Å². The lowest BCUT2D eigenvalue weighted by Gasteiger charge is -2.12. The third-order valence-electron chi connectivity index (χ3n) is 2.52. The molecule has 2 rings (SSSR count). The van der Waals surface area contributed by atoms with E-state index in [2.05, 4.69) is 36.8 Å². The van der Waals surface area contributed by atoms with Gasteiger partial charge in [-0.1, -0.05) is 28.1 Å². The molecule has 0 aliphatic rings. The summed E-state index contributed by atoms with van der Waals surface area (Å²) in [6.45, 7) is 0. The summed E-state index contributed by atoms with van der Waals surface area (Å²) in [7, 11) is 0. The van der Waals surface area contributed by atoms with Gasteiger partial charge in [0.15, 0.2) is 0 Å². The number of rotatable bonds is 3. The van der Waals surface area contributed by atoms with Crippen LogP contribution in [0.2, 0.25) is 0 Å². The molecular weight excluding hydrogens is 344 g/mol. The van der Waals surface area contributed by atoms with Gasteiger partial charge in [-0.05, 0) is 51.7 Å². The topological polar surface area (TPSA) is 38.9 Å². The minimum absolute atomic E-state index is 0.000741. The van der Waals surface area contributed by atoms with Gasteiger partial charge < -0.3 is 5.73 Å². The molecule has 17 heavy (non-hydrogen) atoms. The molecule has 0 aliphatic carbocycles. The van der Waals surface area contributed by atoms with Crippen LogP contribution in [-0.2, 0) is 6.42 Å². The van der Waals surface area contributed by atoms with E-state index in [1.807, 2.05) is 36.5 Å². The van der Waals surface area contributed by atoms with Crippen molar-refractivity contribution in [2.24, 2.45) is 5.73 Å². The lowest BCUT2D eigenvalue weighted by molar-refractivity contribution is 0.719. The van der Waals surface area contributed by atoms with Crippen LogP contribution in [0, 0.1) is 0 Å². The summed E-state index contributed by atoms with van der Waals surface area (Å²) in [6.07, 6.45) is 4.41. The molecule has 0 aliphatic heterocycles. The van der Waals surface area contributed by atoms with Gasteiger partial charge in [0, 0.05) is 27.4 Å². The lowest BCUT2D eigenvalue weighted by atomic mass is 10.0. The van der Waals surface area contributed by atoms with Gasteiger partial charge in [-0.15, -0.1) is 0 Å². The molecular formula is C13H12Br2N2. The van der Waals surface area contributed by atoms with E-state index in [9.17, 15) is 0 Å². The van der Waals surface area contributed by atoms with Crippen molar-refractivity contribution in [2.75, 3.05) is 0 Å². The predicted octanol–water partition coefficient (Wildman–Crippen LogP) is 3.85. The second kappa shape index (κ2) is 5.76. The van der Waals surface area contributed by atoms with Gasteiger partial charge in [-0.2, -0.15) is 0 Å². The van der Waals surface area contributed by atoms with Crippen molar-refractivity contribution in [1.82, 2.24) is 4.98 Å². The summed E-state index contributed by atoms with van der Waals surface area (Å²) in [4.78, 5) is 4.14. The molecule has 1 aromatic carbocycles. The molecule has 1 heterocycles. The molecule has 0 radical (unpaired) electrons. The molecule has 1 atom stereocenters. The van der Waals surface area contributed by atoms with Crippen LogP contribution in [0.1, 0.15) is 17.2 Å². The van der Waals surface area contributed by atoms with Crippen molar-refractivity contribution >= 4 is 31.9 Å². The maximum Gasteiger partial charge on any atom is 0.0410 e. The largest absolute Gasteiger partial charge is 0.324 e. The van der Waals surface area contributed by atoms with Gasteiger partial charge in [-0.25, -0.2) is 0 Å². The van der Waals surface area contributed by atoms with Gasteiger partial charge in [0.25, 0.3) is 0 Å². The Balaban J connectivity index is 2.11. The highest BCUT2D eigenvalue weighted by atomic mass is 79.9. The van der Waals surface area contributed by atoms with E-state index >= 15 is 0 Å². The maximum atomic E-state index is 6.17. The first-order valence-electron chi connectivity index (χ1n) is 5.25. The number of benzene rings is 1. The standard InChI is InChI=1S/C13H12Br2N2/c14-11-3-1-10(2-4-11)13(16)6-9-5-12(15)8-17-7-9/h1-5,7-8,13H,6,16H2. The number of aromatic nitrogens is 1. The summed E-state index contributed by atoms with van der Waals surface area (Å²) in [6, 6.07) is 10.1. The lowest BCUT2D eigenvalue weighted by Crippen LogP contribution is -2.13. The molecule has 1 unspecified atom stereocenters. The number of nitrogens with zero attached hydrogens (tertiary/aromatic N) is 1. The Kier molecular flexibility index (Phi) is 4.31. The van der Waals surface area contributed by atoms with E-state index in [0.29, 0.717) is 0 Å². The number of pyridine rings is 1. The molecule has 0 fully saturated rings. The Labute approximate surface area is 118 Å². The molecule has 0 spiro atoms. The van der Waals surface area contributed by atoms with Gasteiger partial charge in [0.05, 0.1) is 0 Å². The summed E-state index contributed by atoms with van der Waals surface area (Å²) in [5.74, 6) is 0. The zero-order valence-electron chi connectivity index (χ0n) is 9.11. The Morgan fingerprint density at radius 1 is 1.06 bits per heavy atom. The van der Waals surface area contributed by atoms with Crippen LogP contribution >= 0.6 is 31.9 Å². The van der Waals surface area contributed by atoms with Gasteiger partial charge in [-0.3, -0.25) is 4.98 Å². The number of nitrogens with two attached hydrogens (primary N) is 1. The molecule has 2 nitrogen and oxygen atoms in total. The van der Waals surface area contributed by atoms with Crippen molar-refractivity contribution < 1.29 is 0 Å². The van der Waals surface area contributed by atoms with Crippen molar-refractivity contribution in [3.8, 4) is 0 Å². The summed E-state index contributed by atoms with van der Waals surface area (Å²) < 4.78 is 2.05. The SMILES string of the molecule is NC(Cc1cncc(Br)c1)c1ccc(Br)cc1. The van der Waals surface area contributed by atoms with Crippen LogP contribution in [0.25, 0.3) is 0 Å². The molecule has 2 aromatic rings. The molecule has 0 saturated carbocycles. The van der Waals surface area contributed by atoms with Crippen molar-refractivity contribution in [1.29, 1.82) is 0 Å². The van der Waals surface area contributed by atoms with E-state index < -0.39 is 0 Å². The third kappa shape index (κ3) is 3.63. The average molecular weight is 356 g/mol. The van der Waals surface area contributed by atoms with Crippen LogP contribution in [0.15, 0.2) is 51.7 Å². The highest BCUT2D eigenvalue weighted by Crippen LogP contribution is 2.19. The minimum Gasteiger partial charge on any atom is -0.324 e. The monoisotopic (exact) mass is 354 g/mol. The van der Waals surface area contributed by atoms with Gasteiger partial charge >= 0.3 is 0 Å². The zero-order chi connectivity index (χ0) is 12.3. The van der Waals surface area contributed by atoms with Crippen LogP contribution in [0.5, 0.6) is 0 Å². The van der Waals surface area contributed by atoms with Crippen molar-refractivity contribution in [3.63, 3.8) is 0 Å². The zero-order valence-corrected chi connectivity index (χ0v) is 12.3. The maximum absolute atomic E-state index is 6.17. The second-order valence-electron chi connectivity index (χ2n) is 3.87. The second-order valence-corrected chi connectivity index (χ2v) is 5.70. The van der Waals surface area contributed by atoms with Crippen LogP contribution in [0.4, 0.5) is 0 Å².